The van der Waals surface area contributed by atoms with Gasteiger partial charge >= 0.3 is 5.97 Å². The third-order valence-corrected chi connectivity index (χ3v) is 4.09. The average molecular weight is 300 g/mol. The lowest BCUT2D eigenvalue weighted by Crippen LogP contribution is -2.19. The van der Waals surface area contributed by atoms with Crippen LogP contribution in [0.3, 0.4) is 0 Å². The fraction of sp³-hybridized carbons (Fsp3) is 0.450. The van der Waals surface area contributed by atoms with Crippen molar-refractivity contribution in [3.05, 3.63) is 59.8 Å². The van der Waals surface area contributed by atoms with Gasteiger partial charge in [-0.3, -0.25) is 0 Å². The van der Waals surface area contributed by atoms with E-state index in [0.29, 0.717) is 0 Å². The van der Waals surface area contributed by atoms with Gasteiger partial charge in [-0.15, -0.1) is 0 Å². The van der Waals surface area contributed by atoms with Crippen molar-refractivity contribution in [2.24, 2.45) is 5.41 Å². The van der Waals surface area contributed by atoms with Crippen molar-refractivity contribution in [3.8, 4) is 0 Å². The highest BCUT2D eigenvalue weighted by molar-refractivity contribution is 5.82. The van der Waals surface area contributed by atoms with Crippen LogP contribution in [-0.2, 0) is 9.53 Å². The van der Waals surface area contributed by atoms with Crippen LogP contribution < -0.4 is 0 Å². The summed E-state index contributed by atoms with van der Waals surface area (Å²) in [5, 5.41) is 0. The van der Waals surface area contributed by atoms with E-state index >= 15 is 0 Å². The summed E-state index contributed by atoms with van der Waals surface area (Å²) in [6.45, 7) is 11.0. The predicted molar refractivity (Wildman–Crippen MR) is 93.5 cm³/mol. The van der Waals surface area contributed by atoms with Gasteiger partial charge in [-0.25, -0.2) is 4.79 Å². The van der Waals surface area contributed by atoms with Crippen LogP contribution in [0.1, 0.15) is 46.5 Å². The molecule has 0 fully saturated rings. The Hall–Kier alpha value is -1.83. The number of ether oxygens (including phenoxy) is 1. The molecule has 1 aliphatic carbocycles. The van der Waals surface area contributed by atoms with Crippen molar-refractivity contribution < 1.29 is 9.53 Å². The van der Waals surface area contributed by atoms with E-state index in [2.05, 4.69) is 44.2 Å². The van der Waals surface area contributed by atoms with Gasteiger partial charge in [0.05, 0.1) is 7.11 Å². The van der Waals surface area contributed by atoms with Gasteiger partial charge in [-0.1, -0.05) is 62.0 Å². The number of carbonyl (C=O) groups excluding carboxylic acids is 1. The molecule has 0 amide bonds. The molecule has 0 saturated heterocycles. The Labute approximate surface area is 134 Å². The molecule has 2 heteroatoms. The van der Waals surface area contributed by atoms with Crippen LogP contribution in [-0.4, -0.2) is 13.1 Å². The highest BCUT2D eigenvalue weighted by Gasteiger charge is 2.26. The number of methoxy groups -OCH3 is 1. The minimum atomic E-state index is -0.342. The first-order valence-corrected chi connectivity index (χ1v) is 7.84. The maximum absolute atomic E-state index is 10.9. The Kier molecular flexibility index (Phi) is 7.10. The lowest BCUT2D eigenvalue weighted by atomic mass is 9.72. The zero-order valence-corrected chi connectivity index (χ0v) is 14.3. The first-order valence-electron chi connectivity index (χ1n) is 7.84. The molecule has 0 aromatic rings. The number of hydrogen-bond donors (Lipinski definition) is 0. The average Bonchev–Trinajstić information content (AvgIpc) is 2.45. The molecule has 2 nitrogen and oxygen atoms in total. The third kappa shape index (κ3) is 5.88. The van der Waals surface area contributed by atoms with Crippen molar-refractivity contribution in [2.45, 2.75) is 46.5 Å². The van der Waals surface area contributed by atoms with Gasteiger partial charge in [-0.2, -0.15) is 0 Å². The van der Waals surface area contributed by atoms with Gasteiger partial charge in [0.15, 0.2) is 0 Å². The molecule has 0 spiro atoms. The summed E-state index contributed by atoms with van der Waals surface area (Å²) >= 11 is 0. The smallest absolute Gasteiger partial charge is 0.330 e. The van der Waals surface area contributed by atoms with E-state index in [4.69, 9.17) is 0 Å². The second-order valence-electron chi connectivity index (χ2n) is 6.44. The molecule has 0 aromatic heterocycles. The largest absolute Gasteiger partial charge is 0.466 e. The third-order valence-electron chi connectivity index (χ3n) is 4.09. The van der Waals surface area contributed by atoms with E-state index in [1.54, 1.807) is 6.08 Å². The maximum atomic E-state index is 10.9. The van der Waals surface area contributed by atoms with Gasteiger partial charge in [0.25, 0.3) is 0 Å². The molecule has 1 rings (SSSR count). The summed E-state index contributed by atoms with van der Waals surface area (Å²) < 4.78 is 4.52. The zero-order chi connectivity index (χ0) is 16.6. The van der Waals surface area contributed by atoms with Crippen molar-refractivity contribution in [1.82, 2.24) is 0 Å². The SMILES string of the molecule is C=C(/C=C/C1=C(C)CCCC1(C)C)C/C=C/C=C/C(=O)OC. The summed E-state index contributed by atoms with van der Waals surface area (Å²) in [5.41, 5.74) is 4.27. The molecular formula is C20H28O2. The summed E-state index contributed by atoms with van der Waals surface area (Å²) in [7, 11) is 1.37. The number of carbonyl (C=O) groups is 1. The molecule has 0 N–H and O–H groups in total. The van der Waals surface area contributed by atoms with Gasteiger partial charge < -0.3 is 4.74 Å². The Morgan fingerprint density at radius 3 is 2.68 bits per heavy atom. The van der Waals surface area contributed by atoms with Crippen LogP contribution in [0.2, 0.25) is 0 Å². The minimum Gasteiger partial charge on any atom is -0.466 e. The molecule has 1 aliphatic rings. The van der Waals surface area contributed by atoms with E-state index < -0.39 is 0 Å². The van der Waals surface area contributed by atoms with E-state index in [0.717, 1.165) is 12.0 Å². The van der Waals surface area contributed by atoms with E-state index in [1.807, 2.05) is 12.2 Å². The molecule has 0 heterocycles. The molecule has 0 atom stereocenters. The maximum Gasteiger partial charge on any atom is 0.330 e. The Morgan fingerprint density at radius 2 is 2.05 bits per heavy atom. The highest BCUT2D eigenvalue weighted by Crippen LogP contribution is 2.40. The van der Waals surface area contributed by atoms with Gasteiger partial charge in [0.2, 0.25) is 0 Å². The Balaban J connectivity index is 2.56. The zero-order valence-electron chi connectivity index (χ0n) is 14.3. The molecule has 120 valence electrons. The summed E-state index contributed by atoms with van der Waals surface area (Å²) in [4.78, 5) is 10.9. The minimum absolute atomic E-state index is 0.262. The van der Waals surface area contributed by atoms with Gasteiger partial charge in [-0.05, 0) is 43.6 Å². The summed E-state index contributed by atoms with van der Waals surface area (Å²) in [6.07, 6.45) is 15.7. The Bertz CT molecular complexity index is 528. The summed E-state index contributed by atoms with van der Waals surface area (Å²) in [5.74, 6) is -0.342. The molecule has 0 radical (unpaired) electrons. The van der Waals surface area contributed by atoms with Crippen molar-refractivity contribution in [1.29, 1.82) is 0 Å². The quantitative estimate of drug-likeness (QED) is 0.378. The fourth-order valence-electron chi connectivity index (χ4n) is 2.78. The lowest BCUT2D eigenvalue weighted by Gasteiger charge is -2.33. The first-order chi connectivity index (χ1) is 10.4. The fourth-order valence-corrected chi connectivity index (χ4v) is 2.78. The molecule has 0 aliphatic heterocycles. The summed E-state index contributed by atoms with van der Waals surface area (Å²) in [6, 6.07) is 0. The topological polar surface area (TPSA) is 26.3 Å². The molecule has 22 heavy (non-hydrogen) atoms. The monoisotopic (exact) mass is 300 g/mol. The van der Waals surface area contributed by atoms with Crippen LogP contribution >= 0.6 is 0 Å². The molecule has 0 bridgehead atoms. The van der Waals surface area contributed by atoms with E-state index in [-0.39, 0.29) is 11.4 Å². The van der Waals surface area contributed by atoms with Crippen LogP contribution in [0.15, 0.2) is 59.8 Å². The van der Waals surface area contributed by atoms with E-state index in [1.165, 1.54) is 43.6 Å². The van der Waals surface area contributed by atoms with Crippen LogP contribution in [0, 0.1) is 5.41 Å². The normalized spacial score (nSPS) is 18.5. The van der Waals surface area contributed by atoms with Crippen LogP contribution in [0.25, 0.3) is 0 Å². The van der Waals surface area contributed by atoms with Crippen LogP contribution in [0.4, 0.5) is 0 Å². The highest BCUT2D eigenvalue weighted by atomic mass is 16.5. The van der Waals surface area contributed by atoms with Gasteiger partial charge in [0, 0.05) is 6.08 Å². The van der Waals surface area contributed by atoms with Crippen LogP contribution in [0.5, 0.6) is 0 Å². The van der Waals surface area contributed by atoms with Gasteiger partial charge in [0.1, 0.15) is 0 Å². The molecule has 0 unspecified atom stereocenters. The first kappa shape index (κ1) is 18.2. The number of rotatable bonds is 6. The van der Waals surface area contributed by atoms with E-state index in [9.17, 15) is 4.79 Å². The number of allylic oxidation sites excluding steroid dienone is 8. The second kappa shape index (κ2) is 8.57. The molecule has 0 saturated carbocycles. The van der Waals surface area contributed by atoms with Crippen molar-refractivity contribution in [2.75, 3.05) is 7.11 Å². The van der Waals surface area contributed by atoms with Crippen molar-refractivity contribution in [3.63, 3.8) is 0 Å². The second-order valence-corrected chi connectivity index (χ2v) is 6.44. The standard InChI is InChI=1S/C20H28O2/c1-16(10-7-6-8-12-19(21)22-5)13-14-18-17(2)11-9-15-20(18,3)4/h6-8,12-14H,1,9-11,15H2,2-5H3/b7-6+,12-8+,14-13+. The predicted octanol–water partition coefficient (Wildman–Crippen LogP) is 5.30. The molecule has 0 aromatic carbocycles. The lowest BCUT2D eigenvalue weighted by molar-refractivity contribution is -0.134. The molecular weight excluding hydrogens is 272 g/mol. The number of hydrogen-bond acceptors (Lipinski definition) is 2. The van der Waals surface area contributed by atoms with Crippen molar-refractivity contribution >= 4 is 5.97 Å². The Morgan fingerprint density at radius 1 is 1.32 bits per heavy atom. The number of esters is 1.